The molecule has 1 aliphatic heterocycles. The molecule has 3 nitrogen and oxygen atoms in total. The molecule has 5 heteroatoms. The molecule has 1 N–H and O–H groups in total. The van der Waals surface area contributed by atoms with Crippen LogP contribution in [0.3, 0.4) is 0 Å². The average Bonchev–Trinajstić information content (AvgIpc) is 1.85. The highest BCUT2D eigenvalue weighted by Gasteiger charge is 2.24. The van der Waals surface area contributed by atoms with E-state index in [-0.39, 0.29) is 0 Å². The molecule has 0 saturated carbocycles. The molecule has 0 bridgehead atoms. The summed E-state index contributed by atoms with van der Waals surface area (Å²) in [6.45, 7) is 5.61. The molecular formula is C6H13NO2S2. The molecule has 0 radical (unpaired) electrons. The maximum atomic E-state index is 10.7. The van der Waals surface area contributed by atoms with Crippen LogP contribution >= 0.6 is 11.8 Å². The van der Waals surface area contributed by atoms with E-state index in [0.717, 1.165) is 13.1 Å². The second kappa shape index (κ2) is 3.89. The lowest BCUT2D eigenvalue weighted by Gasteiger charge is -2.31. The minimum absolute atomic E-state index is 0.467. The quantitative estimate of drug-likeness (QED) is 0.633. The smallest absolute Gasteiger partial charge is 0.234 e. The van der Waals surface area contributed by atoms with Gasteiger partial charge in [0.2, 0.25) is 11.3 Å². The van der Waals surface area contributed by atoms with Gasteiger partial charge in [-0.15, -0.1) is 0 Å². The Morgan fingerprint density at radius 2 is 1.91 bits per heavy atom. The first-order valence-corrected chi connectivity index (χ1v) is 5.61. The molecule has 1 fully saturated rings. The van der Waals surface area contributed by atoms with Gasteiger partial charge in [-0.1, -0.05) is 13.8 Å². The van der Waals surface area contributed by atoms with Crippen molar-refractivity contribution in [2.75, 3.05) is 13.1 Å². The predicted octanol–water partition coefficient (Wildman–Crippen LogP) is 0.949. The summed E-state index contributed by atoms with van der Waals surface area (Å²) in [6.07, 6.45) is 0. The second-order valence-electron chi connectivity index (χ2n) is 2.83. The van der Waals surface area contributed by atoms with E-state index in [1.807, 2.05) is 11.8 Å². The molecule has 11 heavy (non-hydrogen) atoms. The van der Waals surface area contributed by atoms with Crippen molar-refractivity contribution >= 4 is 23.0 Å². The van der Waals surface area contributed by atoms with Crippen LogP contribution in [0.5, 0.6) is 0 Å². The van der Waals surface area contributed by atoms with Gasteiger partial charge < -0.3 is 0 Å². The molecule has 0 spiro atoms. The van der Waals surface area contributed by atoms with Crippen LogP contribution in [0.2, 0.25) is 0 Å². The van der Waals surface area contributed by atoms with E-state index >= 15 is 0 Å². The Bertz CT molecular complexity index is 155. The first-order chi connectivity index (χ1) is 5.09. The summed E-state index contributed by atoms with van der Waals surface area (Å²) < 4.78 is 21.1. The molecule has 0 aromatic rings. The number of nitrogens with zero attached hydrogens (tertiary/aromatic N) is 1. The average molecular weight is 195 g/mol. The van der Waals surface area contributed by atoms with Gasteiger partial charge in [-0.2, -0.15) is 16.1 Å². The highest BCUT2D eigenvalue weighted by Crippen LogP contribution is 2.24. The Kier molecular flexibility index (Phi) is 3.36. The van der Waals surface area contributed by atoms with Crippen molar-refractivity contribution in [1.29, 1.82) is 0 Å². The highest BCUT2D eigenvalue weighted by molar-refractivity contribution is 8.00. The van der Waals surface area contributed by atoms with Crippen LogP contribution in [-0.2, 0) is 11.3 Å². The van der Waals surface area contributed by atoms with Crippen molar-refractivity contribution in [3.63, 3.8) is 0 Å². The summed E-state index contributed by atoms with van der Waals surface area (Å²) in [4.78, 5) is 0. The monoisotopic (exact) mass is 195 g/mol. The van der Waals surface area contributed by atoms with Crippen LogP contribution in [0.15, 0.2) is 0 Å². The lowest BCUT2D eigenvalue weighted by atomic mass is 10.4. The Balaban J connectivity index is 2.49. The Hall–Kier alpha value is 0.420. The molecule has 0 aromatic carbocycles. The van der Waals surface area contributed by atoms with Gasteiger partial charge in [0.1, 0.15) is 0 Å². The number of rotatable bonds is 1. The van der Waals surface area contributed by atoms with Gasteiger partial charge in [-0.3, -0.25) is 4.55 Å². The van der Waals surface area contributed by atoms with Crippen LogP contribution < -0.4 is 0 Å². The van der Waals surface area contributed by atoms with Crippen molar-refractivity contribution in [3.05, 3.63) is 0 Å². The van der Waals surface area contributed by atoms with Crippen molar-refractivity contribution in [3.8, 4) is 0 Å². The van der Waals surface area contributed by atoms with Crippen molar-refractivity contribution in [2.45, 2.75) is 24.3 Å². The molecule has 1 saturated heterocycles. The van der Waals surface area contributed by atoms with Crippen molar-refractivity contribution in [2.24, 2.45) is 0 Å². The summed E-state index contributed by atoms with van der Waals surface area (Å²) in [5.41, 5.74) is 0. The second-order valence-corrected chi connectivity index (χ2v) is 5.69. The molecule has 0 amide bonds. The van der Waals surface area contributed by atoms with E-state index in [9.17, 15) is 4.21 Å². The molecule has 1 heterocycles. The third kappa shape index (κ3) is 2.74. The van der Waals surface area contributed by atoms with E-state index in [0.29, 0.717) is 10.5 Å². The zero-order valence-corrected chi connectivity index (χ0v) is 8.32. The zero-order valence-electron chi connectivity index (χ0n) is 6.69. The van der Waals surface area contributed by atoms with E-state index in [1.165, 1.54) is 0 Å². The molecular weight excluding hydrogens is 182 g/mol. The Labute approximate surface area is 74.0 Å². The van der Waals surface area contributed by atoms with Crippen LogP contribution in [0.4, 0.5) is 0 Å². The fraction of sp³-hybridized carbons (Fsp3) is 1.00. The highest BCUT2D eigenvalue weighted by atomic mass is 32.2. The van der Waals surface area contributed by atoms with Gasteiger partial charge in [-0.05, 0) is 0 Å². The molecule has 3 unspecified atom stereocenters. The minimum Gasteiger partial charge on any atom is -0.294 e. The third-order valence-corrected chi connectivity index (χ3v) is 3.57. The van der Waals surface area contributed by atoms with Crippen molar-refractivity contribution in [1.82, 2.24) is 4.31 Å². The lowest BCUT2D eigenvalue weighted by molar-refractivity contribution is 0.391. The molecule has 0 aliphatic carbocycles. The SMILES string of the molecule is CC1CN(S(=O)O)CC(C)S1. The topological polar surface area (TPSA) is 40.5 Å². The third-order valence-electron chi connectivity index (χ3n) is 1.61. The summed E-state index contributed by atoms with van der Waals surface area (Å²) in [6, 6.07) is 0. The van der Waals surface area contributed by atoms with E-state index in [2.05, 4.69) is 13.8 Å². The first kappa shape index (κ1) is 9.51. The summed E-state index contributed by atoms with van der Waals surface area (Å²) in [5, 5.41) is 0.935. The minimum atomic E-state index is -1.77. The van der Waals surface area contributed by atoms with Crippen molar-refractivity contribution < 1.29 is 8.76 Å². The molecule has 0 aromatic heterocycles. The van der Waals surface area contributed by atoms with Crippen LogP contribution in [-0.4, -0.2) is 36.7 Å². The predicted molar refractivity (Wildman–Crippen MR) is 48.9 cm³/mol. The largest absolute Gasteiger partial charge is 0.294 e. The molecule has 1 rings (SSSR count). The van der Waals surface area contributed by atoms with E-state index < -0.39 is 11.3 Å². The molecule has 3 atom stereocenters. The summed E-state index contributed by atoms with van der Waals surface area (Å²) in [7, 11) is 0. The van der Waals surface area contributed by atoms with Crippen LogP contribution in [0, 0.1) is 0 Å². The molecule has 66 valence electrons. The van der Waals surface area contributed by atoms with E-state index in [4.69, 9.17) is 4.55 Å². The summed E-state index contributed by atoms with van der Waals surface area (Å²) >= 11 is 0.102. The zero-order chi connectivity index (χ0) is 8.43. The van der Waals surface area contributed by atoms with Gasteiger partial charge >= 0.3 is 0 Å². The number of hydrogen-bond acceptors (Lipinski definition) is 2. The Morgan fingerprint density at radius 1 is 1.45 bits per heavy atom. The lowest BCUT2D eigenvalue weighted by Crippen LogP contribution is -2.41. The van der Waals surface area contributed by atoms with Gasteiger partial charge in [0.15, 0.2) is 0 Å². The Morgan fingerprint density at radius 3 is 2.27 bits per heavy atom. The van der Waals surface area contributed by atoms with Gasteiger partial charge in [0, 0.05) is 23.6 Å². The fourth-order valence-corrected chi connectivity index (χ4v) is 3.47. The number of thioether (sulfide) groups is 1. The number of hydrogen-bond donors (Lipinski definition) is 1. The van der Waals surface area contributed by atoms with E-state index in [1.54, 1.807) is 4.31 Å². The van der Waals surface area contributed by atoms with Crippen LogP contribution in [0.25, 0.3) is 0 Å². The first-order valence-electron chi connectivity index (χ1n) is 3.61. The van der Waals surface area contributed by atoms with Gasteiger partial charge in [0.25, 0.3) is 0 Å². The maximum Gasteiger partial charge on any atom is 0.234 e. The molecule has 1 aliphatic rings. The fourth-order valence-electron chi connectivity index (χ4n) is 1.26. The van der Waals surface area contributed by atoms with Gasteiger partial charge in [-0.25, -0.2) is 4.21 Å². The normalized spacial score (nSPS) is 37.0. The standard InChI is InChI=1S/C6H13NO2S2/c1-5-3-7(11(8)9)4-6(2)10-5/h5-6H,3-4H2,1-2H3,(H,8,9). The van der Waals surface area contributed by atoms with Gasteiger partial charge in [0.05, 0.1) is 0 Å². The van der Waals surface area contributed by atoms with Crippen LogP contribution in [0.1, 0.15) is 13.8 Å². The summed E-state index contributed by atoms with van der Waals surface area (Å²) in [5.74, 6) is 0. The maximum absolute atomic E-state index is 10.7.